The lowest BCUT2D eigenvalue weighted by molar-refractivity contribution is -0.119. The van der Waals surface area contributed by atoms with Crippen LogP contribution in [0.15, 0.2) is 59.1 Å². The van der Waals surface area contributed by atoms with Crippen LogP contribution in [0.5, 0.6) is 5.75 Å². The summed E-state index contributed by atoms with van der Waals surface area (Å²) in [5, 5.41) is 5.16. The molecule has 0 fully saturated rings. The zero-order valence-electron chi connectivity index (χ0n) is 13.4. The van der Waals surface area contributed by atoms with Gasteiger partial charge in [-0.15, -0.1) is 0 Å². The van der Waals surface area contributed by atoms with Gasteiger partial charge in [0, 0.05) is 10.0 Å². The highest BCUT2D eigenvalue weighted by molar-refractivity contribution is 9.10. The molecule has 5 nitrogen and oxygen atoms in total. The summed E-state index contributed by atoms with van der Waals surface area (Å²) in [7, 11) is 0. The van der Waals surface area contributed by atoms with Crippen LogP contribution < -0.4 is 15.4 Å². The Labute approximate surface area is 154 Å². The Hall–Kier alpha value is -2.78. The maximum atomic E-state index is 11.8. The molecule has 0 spiro atoms. The van der Waals surface area contributed by atoms with Crippen LogP contribution in [0.25, 0.3) is 0 Å². The fraction of sp³-hybridized carbons (Fsp3) is 0.158. The number of nitrogens with one attached hydrogen (secondary N) is 2. The lowest BCUT2D eigenvalue weighted by Gasteiger charge is -2.04. The molecule has 0 aromatic heterocycles. The minimum atomic E-state index is -0.300. The molecular formula is C19H17BrN2O3. The first-order valence-electron chi connectivity index (χ1n) is 7.59. The molecule has 25 heavy (non-hydrogen) atoms. The van der Waals surface area contributed by atoms with E-state index in [-0.39, 0.29) is 31.5 Å². The Morgan fingerprint density at radius 3 is 2.56 bits per heavy atom. The molecule has 2 aromatic rings. The number of carbonyl (C=O) groups is 2. The lowest BCUT2D eigenvalue weighted by atomic mass is 10.2. The van der Waals surface area contributed by atoms with Crippen LogP contribution in [0, 0.1) is 11.8 Å². The molecule has 6 heteroatoms. The van der Waals surface area contributed by atoms with Gasteiger partial charge in [-0.2, -0.15) is 0 Å². The Kier molecular flexibility index (Phi) is 7.54. The molecule has 2 rings (SSSR count). The van der Waals surface area contributed by atoms with Crippen molar-refractivity contribution in [3.05, 3.63) is 64.6 Å². The van der Waals surface area contributed by atoms with E-state index in [0.717, 1.165) is 10.2 Å². The third-order valence-corrected chi connectivity index (χ3v) is 3.54. The maximum Gasteiger partial charge on any atom is 0.251 e. The minimum absolute atomic E-state index is 0.0933. The molecule has 0 bridgehead atoms. The summed E-state index contributed by atoms with van der Waals surface area (Å²) in [4.78, 5) is 23.4. The zero-order chi connectivity index (χ0) is 17.9. The van der Waals surface area contributed by atoms with Gasteiger partial charge in [0.15, 0.2) is 0 Å². The average Bonchev–Trinajstić information content (AvgIpc) is 2.63. The fourth-order valence-corrected chi connectivity index (χ4v) is 2.23. The summed E-state index contributed by atoms with van der Waals surface area (Å²) in [5.74, 6) is 5.73. The summed E-state index contributed by atoms with van der Waals surface area (Å²) >= 11 is 3.36. The molecule has 0 saturated heterocycles. The van der Waals surface area contributed by atoms with E-state index in [1.165, 1.54) is 0 Å². The lowest BCUT2D eigenvalue weighted by Crippen LogP contribution is -2.37. The molecule has 2 aromatic carbocycles. The number of hydrogen-bond acceptors (Lipinski definition) is 3. The number of hydrogen-bond donors (Lipinski definition) is 2. The largest absolute Gasteiger partial charge is 0.481 e. The van der Waals surface area contributed by atoms with Crippen molar-refractivity contribution < 1.29 is 14.3 Å². The molecule has 2 N–H and O–H groups in total. The standard InChI is InChI=1S/C19H17BrN2O3/c20-16-9-6-10-17(13-16)25-12-5-4-11-21-18(23)14-22-19(24)15-7-2-1-3-8-15/h1-3,6-10,13H,11-12,14H2,(H,21,23)(H,22,24). The topological polar surface area (TPSA) is 67.4 Å². The highest BCUT2D eigenvalue weighted by Gasteiger charge is 2.06. The molecular weight excluding hydrogens is 384 g/mol. The highest BCUT2D eigenvalue weighted by Crippen LogP contribution is 2.17. The van der Waals surface area contributed by atoms with E-state index in [4.69, 9.17) is 4.74 Å². The first-order chi connectivity index (χ1) is 12.1. The molecule has 0 unspecified atom stereocenters. The molecule has 0 aliphatic carbocycles. The third kappa shape index (κ3) is 7.10. The van der Waals surface area contributed by atoms with Gasteiger partial charge in [0.1, 0.15) is 12.4 Å². The maximum absolute atomic E-state index is 11.8. The van der Waals surface area contributed by atoms with Crippen molar-refractivity contribution in [2.45, 2.75) is 0 Å². The van der Waals surface area contributed by atoms with Gasteiger partial charge in [-0.3, -0.25) is 9.59 Å². The number of halogens is 1. The summed E-state index contributed by atoms with van der Waals surface area (Å²) in [5.41, 5.74) is 0.514. The Bertz CT molecular complexity index is 782. The molecule has 0 radical (unpaired) electrons. The summed E-state index contributed by atoms with van der Waals surface area (Å²) in [6, 6.07) is 16.2. The van der Waals surface area contributed by atoms with Crippen molar-refractivity contribution in [2.24, 2.45) is 0 Å². The van der Waals surface area contributed by atoms with E-state index < -0.39 is 0 Å². The monoisotopic (exact) mass is 400 g/mol. The summed E-state index contributed by atoms with van der Waals surface area (Å²) < 4.78 is 6.38. The predicted molar refractivity (Wildman–Crippen MR) is 99.2 cm³/mol. The number of amides is 2. The molecule has 0 heterocycles. The van der Waals surface area contributed by atoms with Gasteiger partial charge in [-0.05, 0) is 30.3 Å². The minimum Gasteiger partial charge on any atom is -0.481 e. The SMILES string of the molecule is O=C(CNC(=O)c1ccccc1)NCC#CCOc1cccc(Br)c1. The van der Waals surface area contributed by atoms with Crippen LogP contribution in [-0.2, 0) is 4.79 Å². The van der Waals surface area contributed by atoms with Crippen LogP contribution in [0.3, 0.4) is 0 Å². The van der Waals surface area contributed by atoms with Crippen molar-refractivity contribution in [1.29, 1.82) is 0 Å². The van der Waals surface area contributed by atoms with Crippen molar-refractivity contribution >= 4 is 27.7 Å². The second kappa shape index (κ2) is 10.2. The molecule has 0 atom stereocenters. The van der Waals surface area contributed by atoms with E-state index >= 15 is 0 Å². The average molecular weight is 401 g/mol. The molecule has 0 saturated carbocycles. The van der Waals surface area contributed by atoms with Crippen molar-refractivity contribution in [1.82, 2.24) is 10.6 Å². The normalized spacial score (nSPS) is 9.48. The van der Waals surface area contributed by atoms with E-state index in [2.05, 4.69) is 38.4 Å². The van der Waals surface area contributed by atoms with Crippen LogP contribution in [-0.4, -0.2) is 31.5 Å². The zero-order valence-corrected chi connectivity index (χ0v) is 15.0. The molecule has 0 aliphatic rings. The number of carbonyl (C=O) groups excluding carboxylic acids is 2. The van der Waals surface area contributed by atoms with Gasteiger partial charge in [0.25, 0.3) is 5.91 Å². The Morgan fingerprint density at radius 1 is 1.00 bits per heavy atom. The smallest absolute Gasteiger partial charge is 0.251 e. The van der Waals surface area contributed by atoms with Gasteiger partial charge in [-0.1, -0.05) is 52.0 Å². The quantitative estimate of drug-likeness (QED) is 0.731. The van der Waals surface area contributed by atoms with E-state index in [1.807, 2.05) is 30.3 Å². The van der Waals surface area contributed by atoms with Gasteiger partial charge >= 0.3 is 0 Å². The second-order valence-electron chi connectivity index (χ2n) is 4.93. The van der Waals surface area contributed by atoms with Gasteiger partial charge in [0.05, 0.1) is 13.1 Å². The van der Waals surface area contributed by atoms with E-state index in [9.17, 15) is 9.59 Å². The van der Waals surface area contributed by atoms with Crippen LogP contribution >= 0.6 is 15.9 Å². The van der Waals surface area contributed by atoms with Gasteiger partial charge in [0.2, 0.25) is 5.91 Å². The predicted octanol–water partition coefficient (Wildman–Crippen LogP) is 2.38. The fourth-order valence-electron chi connectivity index (χ4n) is 1.85. The third-order valence-electron chi connectivity index (χ3n) is 3.05. The Balaban J connectivity index is 1.62. The molecule has 128 valence electrons. The summed E-state index contributed by atoms with van der Waals surface area (Å²) in [6.45, 7) is 0.336. The van der Waals surface area contributed by atoms with E-state index in [1.54, 1.807) is 24.3 Å². The van der Waals surface area contributed by atoms with Crippen molar-refractivity contribution in [2.75, 3.05) is 19.7 Å². The van der Waals surface area contributed by atoms with Crippen LogP contribution in [0.1, 0.15) is 10.4 Å². The highest BCUT2D eigenvalue weighted by atomic mass is 79.9. The van der Waals surface area contributed by atoms with E-state index in [0.29, 0.717) is 5.56 Å². The number of benzene rings is 2. The van der Waals surface area contributed by atoms with Crippen LogP contribution in [0.4, 0.5) is 0 Å². The first kappa shape index (κ1) is 18.6. The van der Waals surface area contributed by atoms with Crippen LogP contribution in [0.2, 0.25) is 0 Å². The number of ether oxygens (including phenoxy) is 1. The molecule has 2 amide bonds. The van der Waals surface area contributed by atoms with Gasteiger partial charge in [-0.25, -0.2) is 0 Å². The Morgan fingerprint density at radius 2 is 1.80 bits per heavy atom. The second-order valence-corrected chi connectivity index (χ2v) is 5.84. The van der Waals surface area contributed by atoms with Crippen molar-refractivity contribution in [3.8, 4) is 17.6 Å². The first-order valence-corrected chi connectivity index (χ1v) is 8.38. The summed E-state index contributed by atoms with van der Waals surface area (Å²) in [6.07, 6.45) is 0. The number of rotatable bonds is 6. The van der Waals surface area contributed by atoms with Gasteiger partial charge < -0.3 is 15.4 Å². The molecule has 0 aliphatic heterocycles. The van der Waals surface area contributed by atoms with Crippen molar-refractivity contribution in [3.63, 3.8) is 0 Å².